The molecule has 94 valence electrons. The van der Waals surface area contributed by atoms with Crippen molar-refractivity contribution in [3.63, 3.8) is 0 Å². The molecule has 3 rings (SSSR count). The average molecular weight is 315 g/mol. The molecule has 0 saturated carbocycles. The van der Waals surface area contributed by atoms with E-state index in [1.54, 1.807) is 0 Å². The normalized spacial score (nSPS) is 25.9. The standard InChI is InChI=1S/C13H19BrN2S/c1-9-3-2-4-11-12(14)15-13(16(9)11)10-5-7-17-8-6-10/h9-10H,2-8H2,1H3. The molecule has 2 aliphatic heterocycles. The summed E-state index contributed by atoms with van der Waals surface area (Å²) in [5.41, 5.74) is 1.44. The molecule has 1 fully saturated rings. The van der Waals surface area contributed by atoms with E-state index in [-0.39, 0.29) is 0 Å². The average Bonchev–Trinajstić information content (AvgIpc) is 2.70. The summed E-state index contributed by atoms with van der Waals surface area (Å²) in [6.45, 7) is 2.35. The Labute approximate surface area is 116 Å². The zero-order valence-corrected chi connectivity index (χ0v) is 12.7. The maximum atomic E-state index is 4.84. The quantitative estimate of drug-likeness (QED) is 0.774. The van der Waals surface area contributed by atoms with Gasteiger partial charge in [0.1, 0.15) is 10.4 Å². The van der Waals surface area contributed by atoms with E-state index in [2.05, 4.69) is 39.2 Å². The summed E-state index contributed by atoms with van der Waals surface area (Å²) in [5.74, 6) is 4.67. The van der Waals surface area contributed by atoms with E-state index in [0.717, 1.165) is 4.60 Å². The second-order valence-electron chi connectivity index (χ2n) is 5.21. The van der Waals surface area contributed by atoms with Crippen LogP contribution in [-0.4, -0.2) is 21.1 Å². The second-order valence-corrected chi connectivity index (χ2v) is 7.18. The first-order valence-electron chi connectivity index (χ1n) is 6.61. The van der Waals surface area contributed by atoms with Crippen LogP contribution in [0.5, 0.6) is 0 Å². The van der Waals surface area contributed by atoms with Crippen LogP contribution in [0.1, 0.15) is 56.1 Å². The maximum absolute atomic E-state index is 4.84. The second kappa shape index (κ2) is 4.96. The Morgan fingerprint density at radius 2 is 2.06 bits per heavy atom. The summed E-state index contributed by atoms with van der Waals surface area (Å²) >= 11 is 5.75. The molecule has 1 aromatic heterocycles. The number of halogens is 1. The molecule has 0 amide bonds. The summed E-state index contributed by atoms with van der Waals surface area (Å²) in [4.78, 5) is 4.84. The van der Waals surface area contributed by atoms with Gasteiger partial charge >= 0.3 is 0 Å². The van der Waals surface area contributed by atoms with Crippen LogP contribution in [-0.2, 0) is 6.42 Å². The predicted molar refractivity (Wildman–Crippen MR) is 76.9 cm³/mol. The van der Waals surface area contributed by atoms with E-state index in [0.29, 0.717) is 12.0 Å². The molecule has 0 N–H and O–H groups in total. The highest BCUT2D eigenvalue weighted by Crippen LogP contribution is 2.38. The van der Waals surface area contributed by atoms with Crippen LogP contribution in [0.25, 0.3) is 0 Å². The van der Waals surface area contributed by atoms with E-state index >= 15 is 0 Å². The molecule has 0 bridgehead atoms. The van der Waals surface area contributed by atoms with Crippen molar-refractivity contribution < 1.29 is 0 Å². The van der Waals surface area contributed by atoms with Crippen molar-refractivity contribution in [2.75, 3.05) is 11.5 Å². The molecular formula is C13H19BrN2S. The van der Waals surface area contributed by atoms with Gasteiger partial charge in [0.25, 0.3) is 0 Å². The van der Waals surface area contributed by atoms with E-state index in [1.165, 1.54) is 55.1 Å². The summed E-state index contributed by atoms with van der Waals surface area (Å²) in [5, 5.41) is 0. The molecule has 0 radical (unpaired) electrons. The lowest BCUT2D eigenvalue weighted by Gasteiger charge is -2.28. The first-order valence-corrected chi connectivity index (χ1v) is 8.56. The highest BCUT2D eigenvalue weighted by molar-refractivity contribution is 9.10. The highest BCUT2D eigenvalue weighted by Gasteiger charge is 2.28. The van der Waals surface area contributed by atoms with Gasteiger partial charge in [-0.25, -0.2) is 4.98 Å². The molecule has 17 heavy (non-hydrogen) atoms. The fourth-order valence-corrected chi connectivity index (χ4v) is 4.79. The topological polar surface area (TPSA) is 17.8 Å². The third-order valence-corrected chi connectivity index (χ3v) is 5.73. The zero-order valence-electron chi connectivity index (χ0n) is 10.3. The van der Waals surface area contributed by atoms with Gasteiger partial charge in [0, 0.05) is 12.0 Å². The third-order valence-electron chi connectivity index (χ3n) is 4.05. The largest absolute Gasteiger partial charge is 0.328 e. The summed E-state index contributed by atoms with van der Waals surface area (Å²) < 4.78 is 3.64. The maximum Gasteiger partial charge on any atom is 0.127 e. The number of aromatic nitrogens is 2. The Morgan fingerprint density at radius 1 is 1.29 bits per heavy atom. The van der Waals surface area contributed by atoms with E-state index in [9.17, 15) is 0 Å². The fourth-order valence-electron chi connectivity index (χ4n) is 3.11. The lowest BCUT2D eigenvalue weighted by Crippen LogP contribution is -2.21. The van der Waals surface area contributed by atoms with E-state index in [4.69, 9.17) is 4.98 Å². The van der Waals surface area contributed by atoms with Crippen LogP contribution in [0, 0.1) is 0 Å². The molecule has 1 unspecified atom stereocenters. The summed E-state index contributed by atoms with van der Waals surface area (Å²) in [6.07, 6.45) is 6.43. The van der Waals surface area contributed by atoms with E-state index < -0.39 is 0 Å². The lowest BCUT2D eigenvalue weighted by atomic mass is 9.99. The Hall–Kier alpha value is 0.0400. The SMILES string of the molecule is CC1CCCc2c(Br)nc(C3CCSCC3)n21. The van der Waals surface area contributed by atoms with Crippen molar-refractivity contribution >= 4 is 27.7 Å². The Bertz CT molecular complexity index is 410. The molecule has 3 heterocycles. The molecule has 0 spiro atoms. The van der Waals surface area contributed by atoms with Crippen molar-refractivity contribution in [3.8, 4) is 0 Å². The molecule has 1 atom stereocenters. The molecular weight excluding hydrogens is 296 g/mol. The van der Waals surface area contributed by atoms with Gasteiger partial charge in [0.2, 0.25) is 0 Å². The number of hydrogen-bond acceptors (Lipinski definition) is 2. The monoisotopic (exact) mass is 314 g/mol. The zero-order chi connectivity index (χ0) is 11.8. The smallest absolute Gasteiger partial charge is 0.127 e. The van der Waals surface area contributed by atoms with Gasteiger partial charge in [0.15, 0.2) is 0 Å². The van der Waals surface area contributed by atoms with Crippen LogP contribution in [0.3, 0.4) is 0 Å². The van der Waals surface area contributed by atoms with E-state index in [1.807, 2.05) is 0 Å². The molecule has 2 aliphatic rings. The van der Waals surface area contributed by atoms with Gasteiger partial charge in [-0.1, -0.05) is 0 Å². The predicted octanol–water partition coefficient (Wildman–Crippen LogP) is 4.15. The van der Waals surface area contributed by atoms with Crippen molar-refractivity contribution in [2.45, 2.75) is 51.0 Å². The van der Waals surface area contributed by atoms with Crippen molar-refractivity contribution in [2.24, 2.45) is 0 Å². The van der Waals surface area contributed by atoms with Crippen molar-refractivity contribution in [3.05, 3.63) is 16.1 Å². The number of nitrogens with zero attached hydrogens (tertiary/aromatic N) is 2. The fraction of sp³-hybridized carbons (Fsp3) is 0.769. The first-order chi connectivity index (χ1) is 8.27. The number of imidazole rings is 1. The molecule has 0 aromatic carbocycles. The van der Waals surface area contributed by atoms with Gasteiger partial charge in [-0.3, -0.25) is 0 Å². The van der Waals surface area contributed by atoms with Gasteiger partial charge in [-0.15, -0.1) is 0 Å². The number of hydrogen-bond donors (Lipinski definition) is 0. The molecule has 0 aliphatic carbocycles. The third kappa shape index (κ3) is 2.19. The van der Waals surface area contributed by atoms with Crippen LogP contribution < -0.4 is 0 Å². The van der Waals surface area contributed by atoms with Gasteiger partial charge < -0.3 is 4.57 Å². The van der Waals surface area contributed by atoms with Crippen LogP contribution >= 0.6 is 27.7 Å². The van der Waals surface area contributed by atoms with Gasteiger partial charge in [-0.2, -0.15) is 11.8 Å². The highest BCUT2D eigenvalue weighted by atomic mass is 79.9. The summed E-state index contributed by atoms with van der Waals surface area (Å²) in [7, 11) is 0. The Balaban J connectivity index is 1.98. The van der Waals surface area contributed by atoms with Gasteiger partial charge in [0.05, 0.1) is 5.69 Å². The minimum Gasteiger partial charge on any atom is -0.328 e. The van der Waals surface area contributed by atoms with Crippen molar-refractivity contribution in [1.29, 1.82) is 0 Å². The van der Waals surface area contributed by atoms with Crippen LogP contribution in [0.4, 0.5) is 0 Å². The van der Waals surface area contributed by atoms with Crippen molar-refractivity contribution in [1.82, 2.24) is 9.55 Å². The molecule has 1 saturated heterocycles. The molecule has 2 nitrogen and oxygen atoms in total. The van der Waals surface area contributed by atoms with Crippen LogP contribution in [0.15, 0.2) is 4.60 Å². The number of rotatable bonds is 1. The minimum atomic E-state index is 0.641. The molecule has 4 heteroatoms. The number of fused-ring (bicyclic) bond motifs is 1. The summed E-state index contributed by atoms with van der Waals surface area (Å²) in [6, 6.07) is 0.641. The first kappa shape index (κ1) is 12.1. The Morgan fingerprint density at radius 3 is 2.82 bits per heavy atom. The molecule has 1 aromatic rings. The lowest BCUT2D eigenvalue weighted by molar-refractivity contribution is 0.401. The number of thioether (sulfide) groups is 1. The van der Waals surface area contributed by atoms with Gasteiger partial charge in [-0.05, 0) is 66.5 Å². The Kier molecular flexibility index (Phi) is 3.53. The minimum absolute atomic E-state index is 0.641. The van der Waals surface area contributed by atoms with Crippen LogP contribution in [0.2, 0.25) is 0 Å².